The highest BCUT2D eigenvalue weighted by atomic mass is 35.5. The second-order valence-corrected chi connectivity index (χ2v) is 4.06. The third kappa shape index (κ3) is 2.45. The summed E-state index contributed by atoms with van der Waals surface area (Å²) in [4.78, 5) is 4.18. The number of alkyl halides is 1. The molecule has 0 aliphatic heterocycles. The minimum atomic E-state index is 0.0497. The van der Waals surface area contributed by atoms with Gasteiger partial charge in [-0.3, -0.25) is 0 Å². The van der Waals surface area contributed by atoms with Gasteiger partial charge in [-0.15, -0.1) is 28.0 Å². The second kappa shape index (κ2) is 4.59. The molecule has 1 N–H and O–H groups in total. The van der Waals surface area contributed by atoms with E-state index in [-0.39, 0.29) is 11.9 Å². The molecule has 5 nitrogen and oxygen atoms in total. The monoisotopic (exact) mass is 244 g/mol. The Kier molecular flexibility index (Phi) is 3.17. The van der Waals surface area contributed by atoms with Crippen molar-refractivity contribution in [2.75, 3.05) is 5.32 Å². The minimum absolute atomic E-state index is 0.0497. The molecule has 2 aromatic heterocycles. The Morgan fingerprint density at radius 2 is 2.47 bits per heavy atom. The van der Waals surface area contributed by atoms with E-state index in [1.807, 2.05) is 12.3 Å². The van der Waals surface area contributed by atoms with Crippen molar-refractivity contribution in [3.8, 4) is 0 Å². The van der Waals surface area contributed by atoms with Gasteiger partial charge in [0, 0.05) is 11.6 Å². The van der Waals surface area contributed by atoms with Crippen LogP contribution in [0.4, 0.5) is 6.01 Å². The van der Waals surface area contributed by atoms with Crippen molar-refractivity contribution < 1.29 is 4.42 Å². The lowest BCUT2D eigenvalue weighted by molar-refractivity contribution is 0.520. The van der Waals surface area contributed by atoms with Crippen LogP contribution in [-0.4, -0.2) is 15.2 Å². The number of hydrogen-bond donors (Lipinski definition) is 1. The molecule has 0 aromatic carbocycles. The maximum atomic E-state index is 5.54. The summed E-state index contributed by atoms with van der Waals surface area (Å²) in [5.74, 6) is 0.630. The van der Waals surface area contributed by atoms with Crippen LogP contribution in [0.25, 0.3) is 0 Å². The van der Waals surface area contributed by atoms with E-state index in [1.54, 1.807) is 17.5 Å². The van der Waals surface area contributed by atoms with Gasteiger partial charge in [-0.2, -0.15) is 0 Å². The van der Waals surface area contributed by atoms with Crippen LogP contribution in [0.2, 0.25) is 0 Å². The van der Waals surface area contributed by atoms with Crippen LogP contribution in [0.15, 0.2) is 16.0 Å². The van der Waals surface area contributed by atoms with Gasteiger partial charge in [0.05, 0.1) is 6.04 Å². The summed E-state index contributed by atoms with van der Waals surface area (Å²) >= 11 is 7.12. The van der Waals surface area contributed by atoms with Crippen LogP contribution in [0.3, 0.4) is 0 Å². The predicted molar refractivity (Wildman–Crippen MR) is 58.0 cm³/mol. The van der Waals surface area contributed by atoms with Crippen molar-refractivity contribution in [3.05, 3.63) is 22.5 Å². The summed E-state index contributed by atoms with van der Waals surface area (Å²) in [5, 5.41) is 13.5. The molecule has 0 spiro atoms. The zero-order valence-corrected chi connectivity index (χ0v) is 9.55. The highest BCUT2D eigenvalue weighted by Gasteiger charge is 2.11. The Labute approximate surface area is 95.5 Å². The summed E-state index contributed by atoms with van der Waals surface area (Å²) in [6, 6.07) is 0.418. The number of nitrogens with zero attached hydrogens (tertiary/aromatic N) is 3. The molecule has 2 aromatic rings. The van der Waals surface area contributed by atoms with Crippen molar-refractivity contribution in [1.29, 1.82) is 0 Å². The fraction of sp³-hybridized carbons (Fsp3) is 0.375. The van der Waals surface area contributed by atoms with Gasteiger partial charge in [-0.1, -0.05) is 5.10 Å². The lowest BCUT2D eigenvalue weighted by atomic mass is 10.4. The number of hydrogen-bond acceptors (Lipinski definition) is 6. The molecule has 1 atom stereocenters. The van der Waals surface area contributed by atoms with E-state index in [0.29, 0.717) is 11.9 Å². The first-order chi connectivity index (χ1) is 7.29. The van der Waals surface area contributed by atoms with Gasteiger partial charge in [0.15, 0.2) is 0 Å². The van der Waals surface area contributed by atoms with E-state index < -0.39 is 0 Å². The maximum Gasteiger partial charge on any atom is 0.316 e. The molecule has 1 unspecified atom stereocenters. The zero-order chi connectivity index (χ0) is 10.7. The van der Waals surface area contributed by atoms with Crippen LogP contribution in [-0.2, 0) is 5.88 Å². The molecule has 0 radical (unpaired) electrons. The number of nitrogens with one attached hydrogen (secondary N) is 1. The summed E-state index contributed by atoms with van der Waals surface area (Å²) in [7, 11) is 0. The Morgan fingerprint density at radius 3 is 3.07 bits per heavy atom. The van der Waals surface area contributed by atoms with E-state index in [2.05, 4.69) is 20.5 Å². The molecule has 0 aliphatic carbocycles. The van der Waals surface area contributed by atoms with Crippen LogP contribution in [0.5, 0.6) is 0 Å². The first-order valence-corrected chi connectivity index (χ1v) is 5.75. The highest BCUT2D eigenvalue weighted by Crippen LogP contribution is 2.20. The third-order valence-electron chi connectivity index (χ3n) is 1.74. The van der Waals surface area contributed by atoms with Gasteiger partial charge < -0.3 is 9.73 Å². The van der Waals surface area contributed by atoms with Crippen LogP contribution in [0.1, 0.15) is 23.9 Å². The van der Waals surface area contributed by atoms with Gasteiger partial charge in [-0.05, 0) is 6.92 Å². The number of aromatic nitrogens is 3. The maximum absolute atomic E-state index is 5.54. The van der Waals surface area contributed by atoms with Crippen molar-refractivity contribution in [3.63, 3.8) is 0 Å². The molecule has 2 rings (SSSR count). The van der Waals surface area contributed by atoms with Gasteiger partial charge in [0.25, 0.3) is 0 Å². The number of anilines is 1. The molecule has 2 heterocycles. The summed E-state index contributed by atoms with van der Waals surface area (Å²) < 4.78 is 5.21. The molecule has 80 valence electrons. The number of rotatable bonds is 4. The van der Waals surface area contributed by atoms with Crippen molar-refractivity contribution in [1.82, 2.24) is 15.2 Å². The summed E-state index contributed by atoms with van der Waals surface area (Å²) in [6.45, 7) is 1.98. The van der Waals surface area contributed by atoms with Crippen molar-refractivity contribution in [2.45, 2.75) is 18.8 Å². The van der Waals surface area contributed by atoms with Gasteiger partial charge in [0.1, 0.15) is 10.9 Å². The lowest BCUT2D eigenvalue weighted by Gasteiger charge is -2.07. The largest absolute Gasteiger partial charge is 0.407 e. The van der Waals surface area contributed by atoms with Crippen LogP contribution < -0.4 is 5.32 Å². The normalized spacial score (nSPS) is 12.7. The van der Waals surface area contributed by atoms with E-state index in [0.717, 1.165) is 5.01 Å². The molecule has 0 bridgehead atoms. The zero-order valence-electron chi connectivity index (χ0n) is 7.98. The average molecular weight is 245 g/mol. The Hall–Kier alpha value is -1.14. The minimum Gasteiger partial charge on any atom is -0.407 e. The molecule has 0 fully saturated rings. The smallest absolute Gasteiger partial charge is 0.316 e. The molecule has 15 heavy (non-hydrogen) atoms. The van der Waals surface area contributed by atoms with E-state index in [1.165, 1.54) is 0 Å². The predicted octanol–water partition coefficient (Wildman–Crippen LogP) is 2.44. The molecule has 0 saturated heterocycles. The lowest BCUT2D eigenvalue weighted by Crippen LogP contribution is -2.06. The van der Waals surface area contributed by atoms with Crippen LogP contribution >= 0.6 is 22.9 Å². The fourth-order valence-electron chi connectivity index (χ4n) is 1.06. The SMILES string of the molecule is CC(Nc1nnc(CCl)o1)c1nccs1. The third-order valence-corrected chi connectivity index (χ3v) is 2.93. The fourth-order valence-corrected chi connectivity index (χ4v) is 1.82. The Balaban J connectivity index is 2.02. The first kappa shape index (κ1) is 10.4. The van der Waals surface area contributed by atoms with Crippen molar-refractivity contribution in [2.24, 2.45) is 0 Å². The second-order valence-electron chi connectivity index (χ2n) is 2.87. The molecule has 0 saturated carbocycles. The highest BCUT2D eigenvalue weighted by molar-refractivity contribution is 7.09. The molecule has 0 amide bonds. The number of halogens is 1. The van der Waals surface area contributed by atoms with Gasteiger partial charge in [-0.25, -0.2) is 4.98 Å². The van der Waals surface area contributed by atoms with E-state index in [4.69, 9.17) is 16.0 Å². The molecule has 0 aliphatic rings. The molecule has 7 heteroatoms. The summed E-state index contributed by atoms with van der Waals surface area (Å²) in [6.07, 6.45) is 1.76. The summed E-state index contributed by atoms with van der Waals surface area (Å²) in [5.41, 5.74) is 0. The standard InChI is InChI=1S/C8H9ClN4OS/c1-5(7-10-2-3-15-7)11-8-13-12-6(4-9)14-8/h2-3,5H,4H2,1H3,(H,11,13). The Morgan fingerprint density at radius 1 is 1.60 bits per heavy atom. The molecular weight excluding hydrogens is 236 g/mol. The van der Waals surface area contributed by atoms with Crippen LogP contribution in [0, 0.1) is 0 Å². The first-order valence-electron chi connectivity index (χ1n) is 4.34. The topological polar surface area (TPSA) is 63.8 Å². The quantitative estimate of drug-likeness (QED) is 0.837. The van der Waals surface area contributed by atoms with E-state index in [9.17, 15) is 0 Å². The van der Waals surface area contributed by atoms with Gasteiger partial charge >= 0.3 is 6.01 Å². The number of thiazole rings is 1. The molecular formula is C8H9ClN4OS. The van der Waals surface area contributed by atoms with Crippen molar-refractivity contribution >= 4 is 29.0 Å². The Bertz CT molecular complexity index is 416. The van der Waals surface area contributed by atoms with Gasteiger partial charge in [0.2, 0.25) is 5.89 Å². The van der Waals surface area contributed by atoms with E-state index >= 15 is 0 Å². The average Bonchev–Trinajstić information content (AvgIpc) is 2.87.